The van der Waals surface area contributed by atoms with Gasteiger partial charge in [-0.15, -0.1) is 0 Å². The van der Waals surface area contributed by atoms with E-state index in [-0.39, 0.29) is 6.10 Å². The van der Waals surface area contributed by atoms with E-state index >= 15 is 0 Å². The molecule has 2 nitrogen and oxygen atoms in total. The summed E-state index contributed by atoms with van der Waals surface area (Å²) in [4.78, 5) is 0. The van der Waals surface area contributed by atoms with Crippen molar-refractivity contribution in [3.05, 3.63) is 54.6 Å². The summed E-state index contributed by atoms with van der Waals surface area (Å²) in [6.45, 7) is 3.99. The second-order valence-corrected chi connectivity index (χ2v) is 3.95. The zero-order chi connectivity index (χ0) is 12.1. The maximum absolute atomic E-state index is 5.77. The van der Waals surface area contributed by atoms with Gasteiger partial charge in [-0.25, -0.2) is 0 Å². The van der Waals surface area contributed by atoms with Crippen molar-refractivity contribution in [2.24, 2.45) is 0 Å². The van der Waals surface area contributed by atoms with Crippen LogP contribution in [-0.2, 0) is 0 Å². The van der Waals surface area contributed by atoms with Crippen LogP contribution in [0.5, 0.6) is 17.2 Å². The van der Waals surface area contributed by atoms with Gasteiger partial charge in [-0.1, -0.05) is 24.3 Å². The lowest BCUT2D eigenvalue weighted by Gasteiger charge is -2.14. The molecule has 0 saturated heterocycles. The lowest BCUT2D eigenvalue weighted by Crippen LogP contribution is -2.06. The molecule has 2 rings (SSSR count). The van der Waals surface area contributed by atoms with Crippen molar-refractivity contribution >= 4 is 0 Å². The molecular weight excluding hydrogens is 212 g/mol. The highest BCUT2D eigenvalue weighted by molar-refractivity contribution is 5.42. The minimum atomic E-state index is 0.129. The Balaban J connectivity index is 2.20. The highest BCUT2D eigenvalue weighted by Crippen LogP contribution is 2.31. The van der Waals surface area contributed by atoms with Crippen LogP contribution in [0.1, 0.15) is 13.8 Å². The van der Waals surface area contributed by atoms with Crippen LogP contribution in [-0.4, -0.2) is 6.10 Å². The van der Waals surface area contributed by atoms with E-state index in [0.717, 1.165) is 17.2 Å². The summed E-state index contributed by atoms with van der Waals surface area (Å²) in [6.07, 6.45) is 0.129. The Kier molecular flexibility index (Phi) is 3.66. The summed E-state index contributed by atoms with van der Waals surface area (Å²) in [5.74, 6) is 2.27. The van der Waals surface area contributed by atoms with Gasteiger partial charge in [0.2, 0.25) is 0 Å². The van der Waals surface area contributed by atoms with E-state index in [1.54, 1.807) is 0 Å². The second kappa shape index (κ2) is 5.39. The normalized spacial score (nSPS) is 10.3. The number of para-hydroxylation sites is 2. The van der Waals surface area contributed by atoms with Gasteiger partial charge in [0.25, 0.3) is 0 Å². The number of ether oxygens (including phenoxy) is 2. The topological polar surface area (TPSA) is 18.5 Å². The first-order valence-corrected chi connectivity index (χ1v) is 5.65. The van der Waals surface area contributed by atoms with Gasteiger partial charge >= 0.3 is 0 Å². The summed E-state index contributed by atoms with van der Waals surface area (Å²) in [7, 11) is 0. The molecule has 2 aromatic carbocycles. The van der Waals surface area contributed by atoms with Crippen LogP contribution in [0, 0.1) is 6.07 Å². The molecule has 0 heterocycles. The quantitative estimate of drug-likeness (QED) is 0.784. The molecular formula is C15H15O2. The lowest BCUT2D eigenvalue weighted by atomic mass is 10.3. The summed E-state index contributed by atoms with van der Waals surface area (Å²) in [5, 5.41) is 0. The van der Waals surface area contributed by atoms with Gasteiger partial charge in [-0.05, 0) is 44.2 Å². The third-order valence-electron chi connectivity index (χ3n) is 2.13. The van der Waals surface area contributed by atoms with Crippen molar-refractivity contribution in [2.45, 2.75) is 20.0 Å². The third kappa shape index (κ3) is 3.25. The number of rotatable bonds is 4. The number of hydrogen-bond acceptors (Lipinski definition) is 2. The summed E-state index contributed by atoms with van der Waals surface area (Å²) < 4.78 is 11.5. The smallest absolute Gasteiger partial charge is 0.169 e. The molecule has 0 N–H and O–H groups in total. The standard InChI is InChI=1S/C15H15O2/c1-12(2)16-14-10-6-7-11-15(14)17-13-8-4-3-5-9-13/h4-12H,1-2H3. The highest BCUT2D eigenvalue weighted by atomic mass is 16.5. The molecule has 1 radical (unpaired) electrons. The molecule has 0 aromatic heterocycles. The zero-order valence-electron chi connectivity index (χ0n) is 10.0. The maximum atomic E-state index is 5.77. The van der Waals surface area contributed by atoms with Gasteiger partial charge in [-0.3, -0.25) is 0 Å². The zero-order valence-corrected chi connectivity index (χ0v) is 10.0. The van der Waals surface area contributed by atoms with E-state index in [9.17, 15) is 0 Å². The van der Waals surface area contributed by atoms with Crippen LogP contribution >= 0.6 is 0 Å². The Morgan fingerprint density at radius 1 is 0.941 bits per heavy atom. The van der Waals surface area contributed by atoms with E-state index in [1.807, 2.05) is 62.4 Å². The molecule has 0 amide bonds. The van der Waals surface area contributed by atoms with E-state index in [1.165, 1.54) is 0 Å². The molecule has 0 unspecified atom stereocenters. The molecule has 0 saturated carbocycles. The first-order chi connectivity index (χ1) is 8.25. The molecule has 0 bridgehead atoms. The Morgan fingerprint density at radius 3 is 2.24 bits per heavy atom. The van der Waals surface area contributed by atoms with Gasteiger partial charge in [0, 0.05) is 0 Å². The molecule has 2 aromatic rings. The second-order valence-electron chi connectivity index (χ2n) is 3.95. The molecule has 87 valence electrons. The lowest BCUT2D eigenvalue weighted by molar-refractivity contribution is 0.233. The molecule has 0 aliphatic heterocycles. The summed E-state index contributed by atoms with van der Waals surface area (Å²) in [6, 6.07) is 18.0. The predicted molar refractivity (Wildman–Crippen MR) is 67.6 cm³/mol. The Labute approximate surface area is 102 Å². The summed E-state index contributed by atoms with van der Waals surface area (Å²) in [5.41, 5.74) is 0. The van der Waals surface area contributed by atoms with Crippen LogP contribution in [0.3, 0.4) is 0 Å². The molecule has 0 aliphatic rings. The predicted octanol–water partition coefficient (Wildman–Crippen LogP) is 4.07. The van der Waals surface area contributed by atoms with Crippen molar-refractivity contribution in [3.8, 4) is 17.2 Å². The highest BCUT2D eigenvalue weighted by Gasteiger charge is 2.06. The van der Waals surface area contributed by atoms with Gasteiger partial charge in [-0.2, -0.15) is 0 Å². The first kappa shape index (κ1) is 11.5. The molecule has 2 heteroatoms. The number of benzene rings is 2. The average Bonchev–Trinajstić information content (AvgIpc) is 2.32. The minimum absolute atomic E-state index is 0.129. The van der Waals surface area contributed by atoms with Gasteiger partial charge in [0.1, 0.15) is 5.75 Å². The number of hydrogen-bond donors (Lipinski definition) is 0. The molecule has 17 heavy (non-hydrogen) atoms. The maximum Gasteiger partial charge on any atom is 0.169 e. The fraction of sp³-hybridized carbons (Fsp3) is 0.200. The van der Waals surface area contributed by atoms with E-state index in [4.69, 9.17) is 9.47 Å². The van der Waals surface area contributed by atoms with E-state index in [2.05, 4.69) is 6.07 Å². The van der Waals surface area contributed by atoms with Crippen molar-refractivity contribution < 1.29 is 9.47 Å². The van der Waals surface area contributed by atoms with Crippen LogP contribution in [0.25, 0.3) is 0 Å². The first-order valence-electron chi connectivity index (χ1n) is 5.65. The summed E-state index contributed by atoms with van der Waals surface area (Å²) >= 11 is 0. The SMILES string of the molecule is CC(C)Oc1ccccc1Oc1cc[c]cc1. The monoisotopic (exact) mass is 227 g/mol. The van der Waals surface area contributed by atoms with Crippen LogP contribution < -0.4 is 9.47 Å². The molecule has 0 fully saturated rings. The fourth-order valence-electron chi connectivity index (χ4n) is 1.45. The van der Waals surface area contributed by atoms with Gasteiger partial charge in [0.05, 0.1) is 6.10 Å². The van der Waals surface area contributed by atoms with Crippen LogP contribution in [0.4, 0.5) is 0 Å². The van der Waals surface area contributed by atoms with Crippen molar-refractivity contribution in [3.63, 3.8) is 0 Å². The van der Waals surface area contributed by atoms with Crippen molar-refractivity contribution in [1.82, 2.24) is 0 Å². The fourth-order valence-corrected chi connectivity index (χ4v) is 1.45. The molecule has 0 atom stereocenters. The third-order valence-corrected chi connectivity index (χ3v) is 2.13. The van der Waals surface area contributed by atoms with E-state index in [0.29, 0.717) is 0 Å². The Morgan fingerprint density at radius 2 is 1.59 bits per heavy atom. The Bertz CT molecular complexity index is 463. The van der Waals surface area contributed by atoms with Gasteiger partial charge in [0.15, 0.2) is 11.5 Å². The van der Waals surface area contributed by atoms with Gasteiger partial charge < -0.3 is 9.47 Å². The average molecular weight is 227 g/mol. The van der Waals surface area contributed by atoms with Crippen LogP contribution in [0.15, 0.2) is 48.5 Å². The van der Waals surface area contributed by atoms with Crippen molar-refractivity contribution in [1.29, 1.82) is 0 Å². The van der Waals surface area contributed by atoms with Crippen molar-refractivity contribution in [2.75, 3.05) is 0 Å². The Hall–Kier alpha value is -1.96. The molecule has 0 aliphatic carbocycles. The minimum Gasteiger partial charge on any atom is -0.487 e. The molecule has 0 spiro atoms. The largest absolute Gasteiger partial charge is 0.487 e. The van der Waals surface area contributed by atoms with Crippen LogP contribution in [0.2, 0.25) is 0 Å². The van der Waals surface area contributed by atoms with E-state index < -0.39 is 0 Å².